The lowest BCUT2D eigenvalue weighted by atomic mass is 9.95. The second-order valence-corrected chi connectivity index (χ2v) is 4.79. The minimum absolute atomic E-state index is 0.760. The highest BCUT2D eigenvalue weighted by Crippen LogP contribution is 2.45. The molecule has 0 radical (unpaired) electrons. The Morgan fingerprint density at radius 2 is 1.86 bits per heavy atom. The van der Waals surface area contributed by atoms with Crippen molar-refractivity contribution in [3.8, 4) is 0 Å². The van der Waals surface area contributed by atoms with Crippen molar-refractivity contribution in [2.75, 3.05) is 5.32 Å². The predicted octanol–water partition coefficient (Wildman–Crippen LogP) is 3.29. The van der Waals surface area contributed by atoms with Crippen LogP contribution in [0.15, 0.2) is 30.3 Å². The molecule has 0 saturated heterocycles. The molecular weight excluding hydrogens is 170 g/mol. The second kappa shape index (κ2) is 3.30. The van der Waals surface area contributed by atoms with Crippen LogP contribution in [0, 0.1) is 11.8 Å². The first-order chi connectivity index (χ1) is 6.92. The minimum atomic E-state index is 0.760. The predicted molar refractivity (Wildman–Crippen MR) is 59.3 cm³/mol. The summed E-state index contributed by atoms with van der Waals surface area (Å²) in [6.45, 7) is 0. The lowest BCUT2D eigenvalue weighted by Gasteiger charge is -2.23. The molecule has 2 fully saturated rings. The maximum Gasteiger partial charge on any atom is 0.0342 e. The fourth-order valence-corrected chi connectivity index (χ4v) is 3.17. The van der Waals surface area contributed by atoms with Crippen molar-refractivity contribution in [1.82, 2.24) is 0 Å². The van der Waals surface area contributed by atoms with Crippen molar-refractivity contribution in [1.29, 1.82) is 0 Å². The number of hydrogen-bond acceptors (Lipinski definition) is 1. The Balaban J connectivity index is 1.69. The molecule has 1 unspecified atom stereocenters. The first kappa shape index (κ1) is 8.34. The zero-order valence-electron chi connectivity index (χ0n) is 8.45. The quantitative estimate of drug-likeness (QED) is 0.749. The van der Waals surface area contributed by atoms with Gasteiger partial charge in [-0.3, -0.25) is 0 Å². The molecule has 0 heterocycles. The van der Waals surface area contributed by atoms with E-state index >= 15 is 0 Å². The average Bonchev–Trinajstić information content (AvgIpc) is 2.81. The molecule has 3 rings (SSSR count). The summed E-state index contributed by atoms with van der Waals surface area (Å²) in [5.74, 6) is 1.99. The SMILES string of the molecule is c1ccc(NC2C[C@@H]3CC[C@@H]2C3)cc1. The largest absolute Gasteiger partial charge is 0.382 e. The number of nitrogens with one attached hydrogen (secondary N) is 1. The van der Waals surface area contributed by atoms with Crippen LogP contribution in [0.3, 0.4) is 0 Å². The van der Waals surface area contributed by atoms with Gasteiger partial charge in [-0.25, -0.2) is 0 Å². The van der Waals surface area contributed by atoms with Crippen molar-refractivity contribution < 1.29 is 0 Å². The number of fused-ring (bicyclic) bond motifs is 2. The van der Waals surface area contributed by atoms with E-state index in [9.17, 15) is 0 Å². The van der Waals surface area contributed by atoms with Crippen molar-refractivity contribution in [2.24, 2.45) is 11.8 Å². The topological polar surface area (TPSA) is 12.0 Å². The normalized spacial score (nSPS) is 34.7. The summed E-state index contributed by atoms with van der Waals surface area (Å²) in [7, 11) is 0. The molecule has 0 aromatic heterocycles. The lowest BCUT2D eigenvalue weighted by molar-refractivity contribution is 0.440. The van der Waals surface area contributed by atoms with Gasteiger partial charge in [0.15, 0.2) is 0 Å². The maximum absolute atomic E-state index is 3.67. The van der Waals surface area contributed by atoms with Crippen LogP contribution in [-0.2, 0) is 0 Å². The number of anilines is 1. The van der Waals surface area contributed by atoms with Crippen LogP contribution in [0.25, 0.3) is 0 Å². The molecule has 0 amide bonds. The molecule has 1 N–H and O–H groups in total. The molecule has 3 atom stereocenters. The zero-order chi connectivity index (χ0) is 9.38. The first-order valence-corrected chi connectivity index (χ1v) is 5.73. The van der Waals surface area contributed by atoms with E-state index in [1.54, 1.807) is 0 Å². The van der Waals surface area contributed by atoms with Crippen molar-refractivity contribution >= 4 is 5.69 Å². The highest BCUT2D eigenvalue weighted by atomic mass is 14.9. The van der Waals surface area contributed by atoms with E-state index in [1.165, 1.54) is 31.4 Å². The minimum Gasteiger partial charge on any atom is -0.382 e. The van der Waals surface area contributed by atoms with Crippen LogP contribution in [0.1, 0.15) is 25.7 Å². The highest BCUT2D eigenvalue weighted by Gasteiger charge is 2.39. The van der Waals surface area contributed by atoms with Gasteiger partial charge < -0.3 is 5.32 Å². The summed E-state index contributed by atoms with van der Waals surface area (Å²) in [6, 6.07) is 11.4. The number of para-hydroxylation sites is 1. The monoisotopic (exact) mass is 187 g/mol. The molecule has 74 valence electrons. The van der Waals surface area contributed by atoms with E-state index in [1.807, 2.05) is 0 Å². The standard InChI is InChI=1S/C13H17N/c1-2-4-12(5-3-1)14-13-9-10-6-7-11(13)8-10/h1-5,10-11,13-14H,6-9H2/t10-,11-,13?/m1/s1. The number of hydrogen-bond donors (Lipinski definition) is 1. The molecule has 1 aromatic carbocycles. The molecule has 14 heavy (non-hydrogen) atoms. The first-order valence-electron chi connectivity index (χ1n) is 5.73. The molecule has 1 nitrogen and oxygen atoms in total. The molecule has 2 saturated carbocycles. The third-order valence-corrected chi connectivity index (χ3v) is 3.86. The zero-order valence-corrected chi connectivity index (χ0v) is 8.45. The van der Waals surface area contributed by atoms with Gasteiger partial charge in [0.2, 0.25) is 0 Å². The van der Waals surface area contributed by atoms with Crippen LogP contribution in [0.5, 0.6) is 0 Å². The van der Waals surface area contributed by atoms with Gasteiger partial charge in [0.25, 0.3) is 0 Å². The second-order valence-electron chi connectivity index (χ2n) is 4.79. The van der Waals surface area contributed by atoms with E-state index in [-0.39, 0.29) is 0 Å². The molecule has 2 aliphatic rings. The van der Waals surface area contributed by atoms with Crippen molar-refractivity contribution in [3.63, 3.8) is 0 Å². The van der Waals surface area contributed by atoms with Crippen LogP contribution >= 0.6 is 0 Å². The van der Waals surface area contributed by atoms with Gasteiger partial charge in [-0.05, 0) is 43.2 Å². The summed E-state index contributed by atoms with van der Waals surface area (Å²) >= 11 is 0. The summed E-state index contributed by atoms with van der Waals surface area (Å²) in [5.41, 5.74) is 1.30. The van der Waals surface area contributed by atoms with Gasteiger partial charge >= 0.3 is 0 Å². The Kier molecular flexibility index (Phi) is 1.97. The van der Waals surface area contributed by atoms with Gasteiger partial charge in [-0.2, -0.15) is 0 Å². The van der Waals surface area contributed by atoms with Gasteiger partial charge in [0.1, 0.15) is 0 Å². The van der Waals surface area contributed by atoms with Crippen molar-refractivity contribution in [2.45, 2.75) is 31.7 Å². The van der Waals surface area contributed by atoms with Gasteiger partial charge in [-0.1, -0.05) is 24.6 Å². The fourth-order valence-electron chi connectivity index (χ4n) is 3.17. The van der Waals surface area contributed by atoms with E-state index in [0.29, 0.717) is 0 Å². The third-order valence-electron chi connectivity index (χ3n) is 3.86. The Labute approximate surface area is 85.5 Å². The van der Waals surface area contributed by atoms with Gasteiger partial charge in [0.05, 0.1) is 0 Å². The summed E-state index contributed by atoms with van der Waals surface area (Å²) in [6.07, 6.45) is 5.82. The Bertz CT molecular complexity index is 306. The Hall–Kier alpha value is -0.980. The Morgan fingerprint density at radius 1 is 1.00 bits per heavy atom. The molecule has 1 heteroatoms. The summed E-state index contributed by atoms with van der Waals surface area (Å²) < 4.78 is 0. The molecule has 0 spiro atoms. The van der Waals surface area contributed by atoms with Gasteiger partial charge in [0, 0.05) is 11.7 Å². The summed E-state index contributed by atoms with van der Waals surface area (Å²) in [5, 5.41) is 3.67. The van der Waals surface area contributed by atoms with Crippen LogP contribution in [-0.4, -0.2) is 6.04 Å². The van der Waals surface area contributed by atoms with E-state index in [2.05, 4.69) is 35.6 Å². The number of rotatable bonds is 2. The van der Waals surface area contributed by atoms with Crippen molar-refractivity contribution in [3.05, 3.63) is 30.3 Å². The fraction of sp³-hybridized carbons (Fsp3) is 0.538. The van der Waals surface area contributed by atoms with Crippen LogP contribution in [0.2, 0.25) is 0 Å². The lowest BCUT2D eigenvalue weighted by Crippen LogP contribution is -2.25. The maximum atomic E-state index is 3.67. The molecule has 2 aliphatic carbocycles. The molecule has 2 bridgehead atoms. The highest BCUT2D eigenvalue weighted by molar-refractivity contribution is 5.44. The van der Waals surface area contributed by atoms with E-state index in [4.69, 9.17) is 0 Å². The molecule has 0 aliphatic heterocycles. The third kappa shape index (κ3) is 1.41. The Morgan fingerprint density at radius 3 is 2.50 bits per heavy atom. The molecule has 1 aromatic rings. The molecular formula is C13H17N. The average molecular weight is 187 g/mol. The van der Waals surface area contributed by atoms with Crippen LogP contribution < -0.4 is 5.32 Å². The summed E-state index contributed by atoms with van der Waals surface area (Å²) in [4.78, 5) is 0. The van der Waals surface area contributed by atoms with E-state index in [0.717, 1.165) is 17.9 Å². The van der Waals surface area contributed by atoms with Crippen LogP contribution in [0.4, 0.5) is 5.69 Å². The number of benzene rings is 1. The van der Waals surface area contributed by atoms with E-state index < -0.39 is 0 Å². The smallest absolute Gasteiger partial charge is 0.0342 e. The van der Waals surface area contributed by atoms with Gasteiger partial charge in [-0.15, -0.1) is 0 Å².